The van der Waals surface area contributed by atoms with Crippen molar-refractivity contribution in [1.29, 1.82) is 0 Å². The van der Waals surface area contributed by atoms with E-state index in [1.807, 2.05) is 32.9 Å². The molecular weight excluding hydrogens is 656 g/mol. The first-order valence-electron chi connectivity index (χ1n) is 18.0. The predicted octanol–water partition coefficient (Wildman–Crippen LogP) is 4.21. The van der Waals surface area contributed by atoms with Gasteiger partial charge in [-0.3, -0.25) is 14.6 Å². The lowest BCUT2D eigenvalue weighted by atomic mass is 9.98. The van der Waals surface area contributed by atoms with E-state index in [1.54, 1.807) is 12.1 Å². The molecule has 12 nitrogen and oxygen atoms in total. The maximum atomic E-state index is 14.5. The van der Waals surface area contributed by atoms with Crippen LogP contribution in [0.2, 0.25) is 0 Å². The third kappa shape index (κ3) is 9.82. The van der Waals surface area contributed by atoms with Gasteiger partial charge in [0.2, 0.25) is 5.43 Å². The highest BCUT2D eigenvalue weighted by Crippen LogP contribution is 2.42. The summed E-state index contributed by atoms with van der Waals surface area (Å²) in [7, 11) is 1.52. The minimum absolute atomic E-state index is 0.00126. The lowest BCUT2D eigenvalue weighted by Gasteiger charge is -2.28. The fraction of sp³-hybridized carbons (Fsp3) is 0.564. The number of benzene rings is 2. The summed E-state index contributed by atoms with van der Waals surface area (Å²) in [5.74, 6) is 0.791. The van der Waals surface area contributed by atoms with Gasteiger partial charge in [0.15, 0.2) is 11.5 Å². The summed E-state index contributed by atoms with van der Waals surface area (Å²) in [4.78, 5) is 18.7. The summed E-state index contributed by atoms with van der Waals surface area (Å²) in [6, 6.07) is 3.22. The Morgan fingerprint density at radius 3 is 1.90 bits per heavy atom. The molecule has 51 heavy (non-hydrogen) atoms. The smallest absolute Gasteiger partial charge is 0.204 e. The third-order valence-corrected chi connectivity index (χ3v) is 9.45. The highest BCUT2D eigenvalue weighted by atomic mass is 16.5. The van der Waals surface area contributed by atoms with Crippen LogP contribution in [-0.2, 0) is 22.3 Å². The second-order valence-electron chi connectivity index (χ2n) is 13.6. The van der Waals surface area contributed by atoms with E-state index in [-0.39, 0.29) is 40.9 Å². The average molecular weight is 711 g/mol. The van der Waals surface area contributed by atoms with Crippen molar-refractivity contribution in [2.24, 2.45) is 0 Å². The maximum absolute atomic E-state index is 14.5. The van der Waals surface area contributed by atoms with Crippen LogP contribution < -0.4 is 19.6 Å². The first-order chi connectivity index (χ1) is 24.6. The van der Waals surface area contributed by atoms with Crippen LogP contribution in [0.1, 0.15) is 45.2 Å². The molecule has 280 valence electrons. The van der Waals surface area contributed by atoms with Crippen molar-refractivity contribution in [2.45, 2.75) is 59.2 Å². The van der Waals surface area contributed by atoms with Gasteiger partial charge in [-0.1, -0.05) is 30.2 Å². The highest BCUT2D eigenvalue weighted by molar-refractivity contribution is 5.98. The van der Waals surface area contributed by atoms with Crippen LogP contribution in [0.4, 0.5) is 0 Å². The second-order valence-corrected chi connectivity index (χ2v) is 13.6. The minimum Gasteiger partial charge on any atom is -0.507 e. The molecule has 12 heteroatoms. The van der Waals surface area contributed by atoms with Gasteiger partial charge in [0.1, 0.15) is 53.5 Å². The van der Waals surface area contributed by atoms with Crippen molar-refractivity contribution < 1.29 is 43.4 Å². The van der Waals surface area contributed by atoms with Crippen molar-refractivity contribution in [3.05, 3.63) is 56.8 Å². The summed E-state index contributed by atoms with van der Waals surface area (Å²) in [5, 5.41) is 33.8. The molecule has 5 rings (SSSR count). The van der Waals surface area contributed by atoms with Gasteiger partial charge in [-0.05, 0) is 40.0 Å². The Labute approximate surface area is 299 Å². The van der Waals surface area contributed by atoms with Crippen molar-refractivity contribution in [3.63, 3.8) is 0 Å². The normalized spacial score (nSPS) is 17.4. The van der Waals surface area contributed by atoms with E-state index in [0.717, 1.165) is 43.7 Å². The van der Waals surface area contributed by atoms with Crippen molar-refractivity contribution in [3.8, 4) is 23.0 Å². The number of phenolic OH excluding ortho intramolecular Hbond substituents is 1. The van der Waals surface area contributed by atoms with E-state index < -0.39 is 17.6 Å². The number of morpholine rings is 2. The number of aliphatic hydroxyl groups is 2. The minimum atomic E-state index is -0.784. The van der Waals surface area contributed by atoms with Gasteiger partial charge >= 0.3 is 0 Å². The number of rotatable bonds is 16. The van der Waals surface area contributed by atoms with Crippen molar-refractivity contribution >= 4 is 21.9 Å². The van der Waals surface area contributed by atoms with E-state index >= 15 is 0 Å². The summed E-state index contributed by atoms with van der Waals surface area (Å²) in [6.45, 7) is 14.3. The quantitative estimate of drug-likeness (QED) is 0.145. The van der Waals surface area contributed by atoms with E-state index in [1.165, 1.54) is 7.11 Å². The summed E-state index contributed by atoms with van der Waals surface area (Å²) in [6.07, 6.45) is 3.93. The Morgan fingerprint density at radius 2 is 1.35 bits per heavy atom. The molecule has 0 amide bonds. The van der Waals surface area contributed by atoms with Gasteiger partial charge in [0, 0.05) is 62.5 Å². The molecule has 2 aliphatic heterocycles. The summed E-state index contributed by atoms with van der Waals surface area (Å²) < 4.78 is 35.4. The van der Waals surface area contributed by atoms with E-state index in [0.29, 0.717) is 80.7 Å². The van der Waals surface area contributed by atoms with E-state index in [4.69, 9.17) is 28.1 Å². The number of hydrogen-bond acceptors (Lipinski definition) is 12. The molecule has 0 saturated carbocycles. The standard InChI is InChI=1S/C39H54N2O10/c1-6-26(4)8-10-29-31(49-23-27(42)21-40-11-15-47-16-12-40)19-33-36(37(29)44)38(45)35-30(9-7-25(2)3)39(46-5)34(20-32(35)51-33)50-24-28(43)22-41-13-17-48-18-14-41/h7-8,19-20,27-28,42-44H,6,9-18,21-24H2,1-5H3/b26-8+. The third-order valence-electron chi connectivity index (χ3n) is 9.45. The van der Waals surface area contributed by atoms with E-state index in [9.17, 15) is 20.1 Å². The number of fused-ring (bicyclic) bond motifs is 2. The second kappa shape index (κ2) is 18.2. The van der Waals surface area contributed by atoms with Crippen LogP contribution in [0.25, 0.3) is 21.9 Å². The van der Waals surface area contributed by atoms with E-state index in [2.05, 4.69) is 16.7 Å². The fourth-order valence-electron chi connectivity index (χ4n) is 6.42. The van der Waals surface area contributed by atoms with Crippen LogP contribution in [0.3, 0.4) is 0 Å². The Kier molecular flexibility index (Phi) is 13.8. The van der Waals surface area contributed by atoms with Gasteiger partial charge in [-0.2, -0.15) is 0 Å². The number of ether oxygens (including phenoxy) is 5. The van der Waals surface area contributed by atoms with Gasteiger partial charge in [0.05, 0.1) is 38.9 Å². The molecule has 3 heterocycles. The van der Waals surface area contributed by atoms with Gasteiger partial charge in [-0.15, -0.1) is 0 Å². The van der Waals surface area contributed by atoms with Crippen LogP contribution in [0.15, 0.2) is 44.6 Å². The lowest BCUT2D eigenvalue weighted by Crippen LogP contribution is -2.42. The molecule has 2 unspecified atom stereocenters. The molecular formula is C39H54N2O10. The number of allylic oxidation sites excluding steroid dienone is 4. The first kappa shape index (κ1) is 38.6. The molecule has 2 saturated heterocycles. The molecule has 0 bridgehead atoms. The zero-order valence-corrected chi connectivity index (χ0v) is 30.7. The van der Waals surface area contributed by atoms with Crippen molar-refractivity contribution in [2.75, 3.05) is 86.0 Å². The van der Waals surface area contributed by atoms with Crippen molar-refractivity contribution in [1.82, 2.24) is 9.80 Å². The van der Waals surface area contributed by atoms with Crippen LogP contribution in [-0.4, -0.2) is 123 Å². The summed E-state index contributed by atoms with van der Waals surface area (Å²) in [5.41, 5.74) is 3.13. The molecule has 2 aromatic carbocycles. The topological polar surface area (TPSA) is 144 Å². The molecule has 2 atom stereocenters. The lowest BCUT2D eigenvalue weighted by molar-refractivity contribution is 0.00437. The zero-order chi connectivity index (χ0) is 36.5. The fourth-order valence-corrected chi connectivity index (χ4v) is 6.42. The van der Waals surface area contributed by atoms with Gasteiger partial charge in [-0.25, -0.2) is 0 Å². The molecule has 2 fully saturated rings. The number of hydrogen-bond donors (Lipinski definition) is 3. The molecule has 3 aromatic rings. The number of phenols is 1. The molecule has 3 N–H and O–H groups in total. The Morgan fingerprint density at radius 1 is 0.824 bits per heavy atom. The highest BCUT2D eigenvalue weighted by Gasteiger charge is 2.26. The summed E-state index contributed by atoms with van der Waals surface area (Å²) >= 11 is 0. The molecule has 0 spiro atoms. The van der Waals surface area contributed by atoms with Gasteiger partial charge in [0.25, 0.3) is 0 Å². The number of methoxy groups -OCH3 is 1. The first-order valence-corrected chi connectivity index (χ1v) is 18.0. The zero-order valence-electron chi connectivity index (χ0n) is 30.7. The van der Waals surface area contributed by atoms with Gasteiger partial charge < -0.3 is 43.4 Å². The largest absolute Gasteiger partial charge is 0.507 e. The number of β-amino-alcohol motifs (C(OH)–C–C–N with tert-alkyl or cyclic N) is 2. The molecule has 0 aliphatic carbocycles. The van der Waals surface area contributed by atoms with Crippen LogP contribution in [0.5, 0.6) is 23.0 Å². The monoisotopic (exact) mass is 710 g/mol. The molecule has 1 aromatic heterocycles. The number of nitrogens with zero attached hydrogens (tertiary/aromatic N) is 2. The Balaban J connectivity index is 1.57. The molecule has 0 radical (unpaired) electrons. The Bertz CT molecular complexity index is 1750. The average Bonchev–Trinajstić information content (AvgIpc) is 3.12. The maximum Gasteiger partial charge on any atom is 0.204 e. The van der Waals surface area contributed by atoms with Crippen LogP contribution >= 0.6 is 0 Å². The number of aliphatic hydroxyl groups excluding tert-OH is 2. The predicted molar refractivity (Wildman–Crippen MR) is 197 cm³/mol. The SMILES string of the molecule is CC/C(C)=C/Cc1c(OCC(O)CN2CCOCC2)cc2oc3cc(OCC(O)CN4CCOCC4)c(OC)c(CC=C(C)C)c3c(=O)c2c1O. The Hall–Kier alpha value is -3.65. The molecule has 2 aliphatic rings. The van der Waals surface area contributed by atoms with Crippen LogP contribution in [0, 0.1) is 0 Å². The number of aromatic hydroxyl groups is 1.